The van der Waals surface area contributed by atoms with Crippen molar-refractivity contribution in [2.24, 2.45) is 4.99 Å². The van der Waals surface area contributed by atoms with E-state index in [2.05, 4.69) is 4.99 Å². The Balaban J connectivity index is 2.14. The predicted octanol–water partition coefficient (Wildman–Crippen LogP) is 2.85. The summed E-state index contributed by atoms with van der Waals surface area (Å²) in [5.74, 6) is -0.801. The number of thiazole rings is 1. The molecule has 0 aliphatic heterocycles. The van der Waals surface area contributed by atoms with Crippen LogP contribution in [0.15, 0.2) is 47.5 Å². The Bertz CT molecular complexity index is 1020. The SMILES string of the molecule is COc1ccc2sc(=NC(=O)c3ccc(C)cc3)n(CC(=O)O)c2c1. The molecule has 7 heteroatoms. The first-order chi connectivity index (χ1) is 12.0. The molecule has 0 unspecified atom stereocenters. The molecule has 1 aromatic heterocycles. The topological polar surface area (TPSA) is 80.9 Å². The van der Waals surface area contributed by atoms with Crippen LogP contribution in [0.1, 0.15) is 15.9 Å². The van der Waals surface area contributed by atoms with Gasteiger partial charge in [0.25, 0.3) is 5.91 Å². The maximum atomic E-state index is 12.4. The first-order valence-electron chi connectivity index (χ1n) is 7.53. The average molecular weight is 356 g/mol. The summed E-state index contributed by atoms with van der Waals surface area (Å²) in [7, 11) is 1.54. The molecule has 3 aromatic rings. The number of methoxy groups -OCH3 is 1. The van der Waals surface area contributed by atoms with Crippen LogP contribution in [0.25, 0.3) is 10.2 Å². The summed E-state index contributed by atoms with van der Waals surface area (Å²) in [6.45, 7) is 1.65. The normalized spacial score (nSPS) is 11.7. The lowest BCUT2D eigenvalue weighted by Gasteiger charge is -2.03. The molecule has 25 heavy (non-hydrogen) atoms. The van der Waals surface area contributed by atoms with Crippen molar-refractivity contribution in [1.82, 2.24) is 4.57 Å². The van der Waals surface area contributed by atoms with E-state index < -0.39 is 11.9 Å². The van der Waals surface area contributed by atoms with Crippen LogP contribution in [0, 0.1) is 6.92 Å². The van der Waals surface area contributed by atoms with E-state index in [0.29, 0.717) is 21.6 Å². The van der Waals surface area contributed by atoms with E-state index >= 15 is 0 Å². The van der Waals surface area contributed by atoms with Crippen LogP contribution in [0.5, 0.6) is 5.75 Å². The quantitative estimate of drug-likeness (QED) is 0.779. The van der Waals surface area contributed by atoms with E-state index in [-0.39, 0.29) is 6.54 Å². The summed E-state index contributed by atoms with van der Waals surface area (Å²) in [4.78, 5) is 28.1. The van der Waals surface area contributed by atoms with E-state index in [4.69, 9.17) is 4.74 Å². The van der Waals surface area contributed by atoms with Crippen molar-refractivity contribution < 1.29 is 19.4 Å². The molecule has 1 N–H and O–H groups in total. The predicted molar refractivity (Wildman–Crippen MR) is 95.1 cm³/mol. The summed E-state index contributed by atoms with van der Waals surface area (Å²) >= 11 is 1.27. The zero-order chi connectivity index (χ0) is 18.0. The number of carbonyl (C=O) groups is 2. The Hall–Kier alpha value is -2.93. The number of rotatable bonds is 4. The van der Waals surface area contributed by atoms with Crippen LogP contribution in [0.3, 0.4) is 0 Å². The van der Waals surface area contributed by atoms with Crippen molar-refractivity contribution >= 4 is 33.4 Å². The molecule has 0 spiro atoms. The number of hydrogen-bond donors (Lipinski definition) is 1. The highest BCUT2D eigenvalue weighted by Gasteiger charge is 2.12. The fraction of sp³-hybridized carbons (Fsp3) is 0.167. The summed E-state index contributed by atoms with van der Waals surface area (Å²) < 4.78 is 7.54. The molecule has 1 heterocycles. The number of aromatic nitrogens is 1. The molecule has 3 rings (SSSR count). The third kappa shape index (κ3) is 3.61. The Labute approximate surface area is 147 Å². The van der Waals surface area contributed by atoms with Gasteiger partial charge in [-0.15, -0.1) is 0 Å². The maximum absolute atomic E-state index is 12.4. The van der Waals surface area contributed by atoms with Crippen molar-refractivity contribution in [2.45, 2.75) is 13.5 Å². The molecule has 2 aromatic carbocycles. The van der Waals surface area contributed by atoms with Gasteiger partial charge in [0.05, 0.1) is 17.3 Å². The van der Waals surface area contributed by atoms with E-state index in [1.54, 1.807) is 31.4 Å². The van der Waals surface area contributed by atoms with Crippen LogP contribution >= 0.6 is 11.3 Å². The van der Waals surface area contributed by atoms with Gasteiger partial charge in [0.1, 0.15) is 12.3 Å². The van der Waals surface area contributed by atoms with Crippen molar-refractivity contribution in [1.29, 1.82) is 0 Å². The molecule has 0 saturated heterocycles. The highest BCUT2D eigenvalue weighted by atomic mass is 32.1. The average Bonchev–Trinajstić information content (AvgIpc) is 2.91. The fourth-order valence-corrected chi connectivity index (χ4v) is 3.40. The van der Waals surface area contributed by atoms with Crippen LogP contribution in [-0.2, 0) is 11.3 Å². The number of fused-ring (bicyclic) bond motifs is 1. The third-order valence-corrected chi connectivity index (χ3v) is 4.74. The fourth-order valence-electron chi connectivity index (χ4n) is 2.40. The highest BCUT2D eigenvalue weighted by molar-refractivity contribution is 7.16. The molecule has 6 nitrogen and oxygen atoms in total. The van der Waals surface area contributed by atoms with E-state index in [0.717, 1.165) is 10.3 Å². The van der Waals surface area contributed by atoms with Gasteiger partial charge in [-0.2, -0.15) is 4.99 Å². The summed E-state index contributed by atoms with van der Waals surface area (Å²) in [5.41, 5.74) is 2.18. The zero-order valence-electron chi connectivity index (χ0n) is 13.7. The number of carboxylic acids is 1. The molecular formula is C18H16N2O4S. The van der Waals surface area contributed by atoms with Gasteiger partial charge in [-0.3, -0.25) is 9.59 Å². The number of ether oxygens (including phenoxy) is 1. The molecule has 0 radical (unpaired) electrons. The lowest BCUT2D eigenvalue weighted by atomic mass is 10.1. The number of carbonyl (C=O) groups excluding carboxylic acids is 1. The van der Waals surface area contributed by atoms with E-state index in [1.165, 1.54) is 15.9 Å². The molecule has 0 atom stereocenters. The van der Waals surface area contributed by atoms with Gasteiger partial charge < -0.3 is 14.4 Å². The Morgan fingerprint density at radius 3 is 2.56 bits per heavy atom. The van der Waals surface area contributed by atoms with Crippen LogP contribution in [0.4, 0.5) is 0 Å². The number of aliphatic carboxylic acids is 1. The first kappa shape index (κ1) is 16.9. The lowest BCUT2D eigenvalue weighted by Crippen LogP contribution is -2.21. The second-order valence-corrected chi connectivity index (χ2v) is 6.49. The minimum atomic E-state index is -1.01. The Morgan fingerprint density at radius 2 is 1.92 bits per heavy atom. The standard InChI is InChI=1S/C18H16N2O4S/c1-11-3-5-12(6-4-11)17(23)19-18-20(10-16(21)22)14-9-13(24-2)7-8-15(14)25-18/h3-9H,10H2,1-2H3,(H,21,22). The number of amides is 1. The smallest absolute Gasteiger partial charge is 0.323 e. The lowest BCUT2D eigenvalue weighted by molar-refractivity contribution is -0.137. The molecule has 0 bridgehead atoms. The van der Waals surface area contributed by atoms with Crippen molar-refractivity contribution in [3.8, 4) is 5.75 Å². The number of aryl methyl sites for hydroxylation is 1. The summed E-state index contributed by atoms with van der Waals surface area (Å²) in [6, 6.07) is 12.4. The Kier molecular flexibility index (Phi) is 4.67. The van der Waals surface area contributed by atoms with Crippen LogP contribution in [0.2, 0.25) is 0 Å². The zero-order valence-corrected chi connectivity index (χ0v) is 14.5. The Morgan fingerprint density at radius 1 is 1.20 bits per heavy atom. The van der Waals surface area contributed by atoms with E-state index in [1.807, 2.05) is 25.1 Å². The summed E-state index contributed by atoms with van der Waals surface area (Å²) in [5, 5.41) is 9.20. The number of carboxylic acid groups (broad SMARTS) is 1. The molecule has 128 valence electrons. The van der Waals surface area contributed by atoms with Crippen molar-refractivity contribution in [3.05, 3.63) is 58.4 Å². The number of benzene rings is 2. The van der Waals surface area contributed by atoms with Gasteiger partial charge in [0.15, 0.2) is 4.80 Å². The second-order valence-electron chi connectivity index (χ2n) is 5.48. The minimum absolute atomic E-state index is 0.285. The van der Waals surface area contributed by atoms with E-state index in [9.17, 15) is 14.7 Å². The van der Waals surface area contributed by atoms with Gasteiger partial charge in [0, 0.05) is 11.6 Å². The van der Waals surface area contributed by atoms with Gasteiger partial charge in [-0.25, -0.2) is 0 Å². The molecular weight excluding hydrogens is 340 g/mol. The third-order valence-electron chi connectivity index (χ3n) is 3.68. The van der Waals surface area contributed by atoms with Gasteiger partial charge >= 0.3 is 5.97 Å². The van der Waals surface area contributed by atoms with Crippen LogP contribution < -0.4 is 9.54 Å². The molecule has 0 saturated carbocycles. The van der Waals surface area contributed by atoms with Gasteiger partial charge in [0.2, 0.25) is 0 Å². The number of nitrogens with zero attached hydrogens (tertiary/aromatic N) is 2. The van der Waals surface area contributed by atoms with Gasteiger partial charge in [-0.05, 0) is 31.2 Å². The van der Waals surface area contributed by atoms with Crippen molar-refractivity contribution in [3.63, 3.8) is 0 Å². The van der Waals surface area contributed by atoms with Crippen LogP contribution in [-0.4, -0.2) is 28.7 Å². The molecule has 0 aliphatic rings. The molecule has 1 amide bonds. The molecule has 0 fully saturated rings. The minimum Gasteiger partial charge on any atom is -0.497 e. The highest BCUT2D eigenvalue weighted by Crippen LogP contribution is 2.23. The molecule has 0 aliphatic carbocycles. The monoisotopic (exact) mass is 356 g/mol. The van der Waals surface area contributed by atoms with Crippen molar-refractivity contribution in [2.75, 3.05) is 7.11 Å². The number of hydrogen-bond acceptors (Lipinski definition) is 4. The second kappa shape index (κ2) is 6.90. The summed E-state index contributed by atoms with van der Waals surface area (Å²) in [6.07, 6.45) is 0. The maximum Gasteiger partial charge on any atom is 0.323 e. The van der Waals surface area contributed by atoms with Gasteiger partial charge in [-0.1, -0.05) is 29.0 Å². The first-order valence-corrected chi connectivity index (χ1v) is 8.34. The largest absolute Gasteiger partial charge is 0.497 e.